The number of rotatable bonds is 2. The summed E-state index contributed by atoms with van der Waals surface area (Å²) in [4.78, 5) is 4.37. The molecule has 2 heterocycles. The Hall–Kier alpha value is -2.34. The molecule has 0 aliphatic carbocycles. The van der Waals surface area contributed by atoms with Crippen LogP contribution in [0.1, 0.15) is 11.4 Å². The van der Waals surface area contributed by atoms with E-state index >= 15 is 0 Å². The number of anilines is 1. The summed E-state index contributed by atoms with van der Waals surface area (Å²) in [6, 6.07) is 5.37. The maximum absolute atomic E-state index is 6.12. The molecule has 7 heteroatoms. The average Bonchev–Trinajstić information content (AvgIpc) is 2.85. The molecule has 0 unspecified atom stereocenters. The normalized spacial score (nSPS) is 11.0. The number of hydrogen-bond acceptors (Lipinski definition) is 5. The van der Waals surface area contributed by atoms with Crippen LogP contribution in [0, 0.1) is 13.8 Å². The lowest BCUT2D eigenvalue weighted by molar-refractivity contribution is 0.416. The van der Waals surface area contributed by atoms with Gasteiger partial charge >= 0.3 is 0 Å². The molecule has 0 radical (unpaired) electrons. The highest BCUT2D eigenvalue weighted by molar-refractivity contribution is 6.33. The molecule has 0 saturated carbocycles. The minimum absolute atomic E-state index is 0.445. The first-order valence-corrected chi connectivity index (χ1v) is 6.72. The summed E-state index contributed by atoms with van der Waals surface area (Å²) in [7, 11) is 1.57. The van der Waals surface area contributed by atoms with Crippen LogP contribution in [0.2, 0.25) is 5.02 Å². The van der Waals surface area contributed by atoms with Crippen LogP contribution in [0.25, 0.3) is 17.2 Å². The molecule has 0 spiro atoms. The molecule has 1 aromatic carbocycles. The number of fused-ring (bicyclic) bond motifs is 1. The van der Waals surface area contributed by atoms with E-state index in [1.54, 1.807) is 19.2 Å². The molecule has 0 atom stereocenters. The number of aryl methyl sites for hydroxylation is 2. The number of nitrogen functional groups attached to an aromatic ring is 1. The summed E-state index contributed by atoms with van der Waals surface area (Å²) >= 11 is 6.12. The van der Waals surface area contributed by atoms with Gasteiger partial charge in [0.2, 0.25) is 0 Å². The van der Waals surface area contributed by atoms with Gasteiger partial charge in [0.25, 0.3) is 5.78 Å². The molecule has 0 aliphatic rings. The summed E-state index contributed by atoms with van der Waals surface area (Å²) in [6.07, 6.45) is 0. The van der Waals surface area contributed by atoms with Gasteiger partial charge in [-0.3, -0.25) is 4.40 Å². The second kappa shape index (κ2) is 4.89. The van der Waals surface area contributed by atoms with E-state index in [-0.39, 0.29) is 0 Å². The van der Waals surface area contributed by atoms with Gasteiger partial charge in [0, 0.05) is 17.5 Å². The second-order valence-corrected chi connectivity index (χ2v) is 5.18. The van der Waals surface area contributed by atoms with Gasteiger partial charge in [-0.25, -0.2) is 4.98 Å². The smallest absolute Gasteiger partial charge is 0.255 e. The zero-order chi connectivity index (χ0) is 15.1. The van der Waals surface area contributed by atoms with Crippen molar-refractivity contribution in [1.82, 2.24) is 19.6 Å². The lowest BCUT2D eigenvalue weighted by Crippen LogP contribution is -2.00. The highest BCUT2D eigenvalue weighted by Crippen LogP contribution is 2.35. The zero-order valence-corrected chi connectivity index (χ0v) is 12.6. The average molecular weight is 304 g/mol. The standard InChI is InChI=1S/C14H14ClN5O/c1-7-4-8(2)20-13(18-19-14(20)17-7)9-5-10(15)11(16)6-12(9)21-3/h4-6H,16H2,1-3H3. The van der Waals surface area contributed by atoms with E-state index < -0.39 is 0 Å². The molecule has 3 aromatic rings. The van der Waals surface area contributed by atoms with E-state index in [9.17, 15) is 0 Å². The zero-order valence-electron chi connectivity index (χ0n) is 11.9. The topological polar surface area (TPSA) is 78.3 Å². The maximum Gasteiger partial charge on any atom is 0.255 e. The van der Waals surface area contributed by atoms with Gasteiger partial charge in [-0.2, -0.15) is 0 Å². The van der Waals surface area contributed by atoms with Gasteiger partial charge in [-0.1, -0.05) is 11.6 Å². The minimum Gasteiger partial charge on any atom is -0.496 e. The predicted molar refractivity (Wildman–Crippen MR) is 81.7 cm³/mol. The Morgan fingerprint density at radius 3 is 2.67 bits per heavy atom. The Bertz CT molecular complexity index is 843. The first-order chi connectivity index (χ1) is 10.0. The van der Waals surface area contributed by atoms with Crippen LogP contribution in [0.15, 0.2) is 18.2 Å². The fraction of sp³-hybridized carbons (Fsp3) is 0.214. The van der Waals surface area contributed by atoms with Crippen molar-refractivity contribution in [2.45, 2.75) is 13.8 Å². The van der Waals surface area contributed by atoms with Crippen molar-refractivity contribution in [1.29, 1.82) is 0 Å². The number of benzene rings is 1. The van der Waals surface area contributed by atoms with Crippen LogP contribution in [-0.2, 0) is 0 Å². The molecule has 21 heavy (non-hydrogen) atoms. The summed E-state index contributed by atoms with van der Waals surface area (Å²) in [5.41, 5.74) is 8.86. The molecule has 0 saturated heterocycles. The Balaban J connectivity index is 2.33. The third-order valence-electron chi connectivity index (χ3n) is 3.25. The summed E-state index contributed by atoms with van der Waals surface area (Å²) in [6.45, 7) is 3.89. The van der Waals surface area contributed by atoms with Crippen molar-refractivity contribution in [3.8, 4) is 17.1 Å². The molecular weight excluding hydrogens is 290 g/mol. The summed E-state index contributed by atoms with van der Waals surface area (Å²) in [5, 5.41) is 8.78. The van der Waals surface area contributed by atoms with E-state index in [0.717, 1.165) is 17.0 Å². The predicted octanol–water partition coefficient (Wildman–Crippen LogP) is 2.65. The summed E-state index contributed by atoms with van der Waals surface area (Å²) in [5.74, 6) is 1.75. The fourth-order valence-electron chi connectivity index (χ4n) is 2.32. The number of nitrogens with two attached hydrogens (primary N) is 1. The van der Waals surface area contributed by atoms with Gasteiger partial charge in [-0.15, -0.1) is 10.2 Å². The van der Waals surface area contributed by atoms with Gasteiger partial charge in [0.1, 0.15) is 5.75 Å². The quantitative estimate of drug-likeness (QED) is 0.736. The maximum atomic E-state index is 6.12. The first kappa shape index (κ1) is 13.6. The van der Waals surface area contributed by atoms with Crippen LogP contribution in [0.5, 0.6) is 5.75 Å². The number of methoxy groups -OCH3 is 1. The SMILES string of the molecule is COc1cc(N)c(Cl)cc1-c1nnc2nc(C)cc(C)n12. The van der Waals surface area contributed by atoms with Crippen molar-refractivity contribution in [3.63, 3.8) is 0 Å². The van der Waals surface area contributed by atoms with E-state index in [2.05, 4.69) is 15.2 Å². The van der Waals surface area contributed by atoms with E-state index in [1.165, 1.54) is 0 Å². The molecule has 0 amide bonds. The van der Waals surface area contributed by atoms with E-state index in [1.807, 2.05) is 24.3 Å². The van der Waals surface area contributed by atoms with E-state index in [4.69, 9.17) is 22.1 Å². The van der Waals surface area contributed by atoms with Crippen LogP contribution < -0.4 is 10.5 Å². The first-order valence-electron chi connectivity index (χ1n) is 6.34. The molecule has 0 fully saturated rings. The highest BCUT2D eigenvalue weighted by atomic mass is 35.5. The molecule has 3 rings (SSSR count). The number of aromatic nitrogens is 4. The molecule has 6 nitrogen and oxygen atoms in total. The molecule has 2 aromatic heterocycles. The minimum atomic E-state index is 0.445. The molecule has 2 N–H and O–H groups in total. The Morgan fingerprint density at radius 2 is 1.95 bits per heavy atom. The Kier molecular flexibility index (Phi) is 3.17. The van der Waals surface area contributed by atoms with Crippen LogP contribution in [-0.4, -0.2) is 26.7 Å². The third kappa shape index (κ3) is 2.17. The number of halogens is 1. The number of nitrogens with zero attached hydrogens (tertiary/aromatic N) is 4. The number of ether oxygens (including phenoxy) is 1. The lowest BCUT2D eigenvalue weighted by atomic mass is 10.1. The van der Waals surface area contributed by atoms with Crippen LogP contribution in [0.3, 0.4) is 0 Å². The van der Waals surface area contributed by atoms with Gasteiger partial charge in [0.15, 0.2) is 5.82 Å². The molecular formula is C14H14ClN5O. The van der Waals surface area contributed by atoms with Crippen molar-refractivity contribution < 1.29 is 4.74 Å². The van der Waals surface area contributed by atoms with Gasteiger partial charge < -0.3 is 10.5 Å². The van der Waals surface area contributed by atoms with Crippen molar-refractivity contribution in [2.24, 2.45) is 0 Å². The fourth-order valence-corrected chi connectivity index (χ4v) is 2.48. The Morgan fingerprint density at radius 1 is 1.19 bits per heavy atom. The summed E-state index contributed by atoms with van der Waals surface area (Å²) < 4.78 is 7.24. The van der Waals surface area contributed by atoms with Crippen LogP contribution in [0.4, 0.5) is 5.69 Å². The van der Waals surface area contributed by atoms with Crippen molar-refractivity contribution in [3.05, 3.63) is 34.6 Å². The molecule has 0 aliphatic heterocycles. The van der Waals surface area contributed by atoms with Gasteiger partial charge in [0.05, 0.1) is 23.4 Å². The van der Waals surface area contributed by atoms with Gasteiger partial charge in [-0.05, 0) is 26.0 Å². The number of hydrogen-bond donors (Lipinski definition) is 1. The largest absolute Gasteiger partial charge is 0.496 e. The van der Waals surface area contributed by atoms with E-state index in [0.29, 0.717) is 28.1 Å². The lowest BCUT2D eigenvalue weighted by Gasteiger charge is -2.10. The van der Waals surface area contributed by atoms with Crippen molar-refractivity contribution in [2.75, 3.05) is 12.8 Å². The monoisotopic (exact) mass is 303 g/mol. The van der Waals surface area contributed by atoms with Crippen molar-refractivity contribution >= 4 is 23.1 Å². The molecule has 108 valence electrons. The highest BCUT2D eigenvalue weighted by Gasteiger charge is 2.17. The second-order valence-electron chi connectivity index (χ2n) is 4.77. The Labute approximate surface area is 126 Å². The molecule has 0 bridgehead atoms. The van der Waals surface area contributed by atoms with Crippen LogP contribution >= 0.6 is 11.6 Å². The third-order valence-corrected chi connectivity index (χ3v) is 3.58.